The molecule has 1 spiro atoms. The Balaban J connectivity index is 1.11. The summed E-state index contributed by atoms with van der Waals surface area (Å²) >= 11 is 0. The van der Waals surface area contributed by atoms with Gasteiger partial charge in [0.15, 0.2) is 17.5 Å². The summed E-state index contributed by atoms with van der Waals surface area (Å²) in [6.45, 7) is 4.75. The molecular weight excluding hydrogens is 703 g/mol. The van der Waals surface area contributed by atoms with Crippen molar-refractivity contribution in [3.8, 4) is 67.5 Å². The fourth-order valence-electron chi connectivity index (χ4n) is 9.87. The van der Waals surface area contributed by atoms with E-state index in [0.717, 1.165) is 27.8 Å². The number of fused-ring (bicyclic) bond motifs is 9. The van der Waals surface area contributed by atoms with E-state index in [-0.39, 0.29) is 5.41 Å². The molecular formula is C55H39N3. The van der Waals surface area contributed by atoms with Crippen molar-refractivity contribution in [1.82, 2.24) is 15.0 Å². The van der Waals surface area contributed by atoms with Crippen LogP contribution in [0.1, 0.15) is 47.2 Å². The normalized spacial score (nSPS) is 14.0. The molecule has 58 heavy (non-hydrogen) atoms. The zero-order valence-electron chi connectivity index (χ0n) is 32.4. The van der Waals surface area contributed by atoms with Crippen LogP contribution in [0.25, 0.3) is 67.5 Å². The lowest BCUT2D eigenvalue weighted by molar-refractivity contribution is 0.563. The standard InChI is InChI=1S/C55H39N3/c1-54(2)45-30-13-15-32-47(45)55(48-33-16-14-31-46(48)54)44-29-12-11-27-43(44)50-42(28-18-34-49(50)55)41-26-10-9-25-40(41)38-23-17-24-39(35-38)53-57-51(36-19-5-3-6-20-36)56-52(58-53)37-21-7-4-8-22-37/h3-35H,1-2H3. The minimum Gasteiger partial charge on any atom is -0.208 e. The van der Waals surface area contributed by atoms with Gasteiger partial charge in [0.2, 0.25) is 0 Å². The molecule has 0 aliphatic heterocycles. The Bertz CT molecular complexity index is 2930. The van der Waals surface area contributed by atoms with E-state index in [1.165, 1.54) is 55.6 Å². The highest BCUT2D eigenvalue weighted by atomic mass is 15.0. The van der Waals surface area contributed by atoms with E-state index in [4.69, 9.17) is 15.0 Å². The second-order valence-electron chi connectivity index (χ2n) is 15.9. The van der Waals surface area contributed by atoms with Crippen LogP contribution in [-0.4, -0.2) is 15.0 Å². The lowest BCUT2D eigenvalue weighted by Crippen LogP contribution is -2.40. The van der Waals surface area contributed by atoms with Gasteiger partial charge in [-0.1, -0.05) is 208 Å². The van der Waals surface area contributed by atoms with Gasteiger partial charge in [0.25, 0.3) is 0 Å². The number of hydrogen-bond donors (Lipinski definition) is 0. The van der Waals surface area contributed by atoms with Crippen LogP contribution in [0.3, 0.4) is 0 Å². The Morgan fingerprint density at radius 1 is 0.293 bits per heavy atom. The van der Waals surface area contributed by atoms with E-state index < -0.39 is 5.41 Å². The van der Waals surface area contributed by atoms with E-state index in [0.29, 0.717) is 17.5 Å². The molecule has 3 heteroatoms. The highest BCUT2D eigenvalue weighted by Gasteiger charge is 2.53. The molecule has 0 bridgehead atoms. The molecule has 11 rings (SSSR count). The Kier molecular flexibility index (Phi) is 7.74. The van der Waals surface area contributed by atoms with Gasteiger partial charge in [-0.25, -0.2) is 15.0 Å². The lowest BCUT2D eigenvalue weighted by atomic mass is 9.55. The second-order valence-corrected chi connectivity index (χ2v) is 15.9. The van der Waals surface area contributed by atoms with Crippen LogP contribution in [0.5, 0.6) is 0 Å². The summed E-state index contributed by atoms with van der Waals surface area (Å²) in [5, 5.41) is 0. The average molecular weight is 742 g/mol. The summed E-state index contributed by atoms with van der Waals surface area (Å²) in [6.07, 6.45) is 0. The monoisotopic (exact) mass is 741 g/mol. The Morgan fingerprint density at radius 2 is 0.690 bits per heavy atom. The summed E-state index contributed by atoms with van der Waals surface area (Å²) in [7, 11) is 0. The van der Waals surface area contributed by atoms with Crippen molar-refractivity contribution in [2.75, 3.05) is 0 Å². The minimum absolute atomic E-state index is 0.145. The molecule has 2 aliphatic rings. The second kappa shape index (κ2) is 13.2. The van der Waals surface area contributed by atoms with Crippen LogP contribution in [0.4, 0.5) is 0 Å². The number of hydrogen-bond acceptors (Lipinski definition) is 3. The third kappa shape index (κ3) is 5.03. The van der Waals surface area contributed by atoms with Gasteiger partial charge in [-0.3, -0.25) is 0 Å². The summed E-state index contributed by atoms with van der Waals surface area (Å²) in [5.41, 5.74) is 17.6. The summed E-state index contributed by atoms with van der Waals surface area (Å²) < 4.78 is 0. The van der Waals surface area contributed by atoms with Gasteiger partial charge in [0.1, 0.15) is 0 Å². The summed E-state index contributed by atoms with van der Waals surface area (Å²) in [5.74, 6) is 1.94. The van der Waals surface area contributed by atoms with E-state index in [9.17, 15) is 0 Å². The molecule has 274 valence electrons. The van der Waals surface area contributed by atoms with Crippen molar-refractivity contribution in [3.63, 3.8) is 0 Å². The quantitative estimate of drug-likeness (QED) is 0.176. The lowest BCUT2D eigenvalue weighted by Gasteiger charge is -2.46. The Labute approximate surface area is 339 Å². The van der Waals surface area contributed by atoms with Gasteiger partial charge in [0, 0.05) is 22.1 Å². The third-order valence-electron chi connectivity index (χ3n) is 12.4. The van der Waals surface area contributed by atoms with Crippen molar-refractivity contribution >= 4 is 0 Å². The molecule has 0 amide bonds. The molecule has 8 aromatic carbocycles. The fourth-order valence-corrected chi connectivity index (χ4v) is 9.87. The highest BCUT2D eigenvalue weighted by Crippen LogP contribution is 2.63. The molecule has 0 N–H and O–H groups in total. The molecule has 0 radical (unpaired) electrons. The van der Waals surface area contributed by atoms with Crippen molar-refractivity contribution in [1.29, 1.82) is 0 Å². The van der Waals surface area contributed by atoms with Crippen LogP contribution in [-0.2, 0) is 10.8 Å². The topological polar surface area (TPSA) is 38.7 Å². The van der Waals surface area contributed by atoms with Crippen LogP contribution in [0.15, 0.2) is 200 Å². The molecule has 3 nitrogen and oxygen atoms in total. The molecule has 9 aromatic rings. The molecule has 1 aromatic heterocycles. The first-order valence-electron chi connectivity index (χ1n) is 20.0. The van der Waals surface area contributed by atoms with E-state index >= 15 is 0 Å². The SMILES string of the molecule is CC1(C)c2ccccc2C2(c3ccccc3-c3c(-c4ccccc4-c4cccc(-c5nc(-c6ccccc6)nc(-c6ccccc6)n5)c4)cccc32)c2ccccc21. The maximum absolute atomic E-state index is 5.06. The summed E-state index contributed by atoms with van der Waals surface area (Å²) in [4.78, 5) is 15.1. The van der Waals surface area contributed by atoms with E-state index in [2.05, 4.69) is 153 Å². The number of aromatic nitrogens is 3. The first-order chi connectivity index (χ1) is 28.5. The Hall–Kier alpha value is -7.23. The molecule has 0 atom stereocenters. The van der Waals surface area contributed by atoms with Gasteiger partial charge in [-0.15, -0.1) is 0 Å². The van der Waals surface area contributed by atoms with Crippen molar-refractivity contribution in [3.05, 3.63) is 234 Å². The van der Waals surface area contributed by atoms with Gasteiger partial charge >= 0.3 is 0 Å². The molecule has 0 saturated heterocycles. The molecule has 0 unspecified atom stereocenters. The van der Waals surface area contributed by atoms with Gasteiger partial charge in [0.05, 0.1) is 5.41 Å². The van der Waals surface area contributed by atoms with Crippen molar-refractivity contribution in [2.24, 2.45) is 0 Å². The van der Waals surface area contributed by atoms with Crippen LogP contribution < -0.4 is 0 Å². The zero-order valence-corrected chi connectivity index (χ0v) is 32.4. The van der Waals surface area contributed by atoms with Crippen LogP contribution in [0, 0.1) is 0 Å². The number of rotatable bonds is 5. The number of benzene rings is 8. The molecule has 2 aliphatic carbocycles. The summed E-state index contributed by atoms with van der Waals surface area (Å²) in [6, 6.07) is 72.1. The Morgan fingerprint density at radius 3 is 1.29 bits per heavy atom. The van der Waals surface area contributed by atoms with E-state index in [1.807, 2.05) is 60.7 Å². The predicted molar refractivity (Wildman–Crippen MR) is 236 cm³/mol. The minimum atomic E-state index is -0.453. The first kappa shape index (κ1) is 34.1. The molecule has 0 saturated carbocycles. The first-order valence-corrected chi connectivity index (χ1v) is 20.0. The maximum atomic E-state index is 5.06. The van der Waals surface area contributed by atoms with Gasteiger partial charge < -0.3 is 0 Å². The predicted octanol–water partition coefficient (Wildman–Crippen LogP) is 13.2. The van der Waals surface area contributed by atoms with Gasteiger partial charge in [-0.05, 0) is 72.8 Å². The van der Waals surface area contributed by atoms with Crippen LogP contribution >= 0.6 is 0 Å². The third-order valence-corrected chi connectivity index (χ3v) is 12.4. The van der Waals surface area contributed by atoms with Crippen LogP contribution in [0.2, 0.25) is 0 Å². The van der Waals surface area contributed by atoms with Gasteiger partial charge in [-0.2, -0.15) is 0 Å². The average Bonchev–Trinajstić information content (AvgIpc) is 3.60. The fraction of sp³-hybridized carbons (Fsp3) is 0.0727. The maximum Gasteiger partial charge on any atom is 0.164 e. The molecule has 0 fully saturated rings. The van der Waals surface area contributed by atoms with E-state index in [1.54, 1.807) is 0 Å². The number of nitrogens with zero attached hydrogens (tertiary/aromatic N) is 3. The highest BCUT2D eigenvalue weighted by molar-refractivity contribution is 5.99. The largest absolute Gasteiger partial charge is 0.208 e. The smallest absolute Gasteiger partial charge is 0.164 e. The van der Waals surface area contributed by atoms with Crippen molar-refractivity contribution < 1.29 is 0 Å². The molecule has 1 heterocycles. The van der Waals surface area contributed by atoms with Crippen molar-refractivity contribution in [2.45, 2.75) is 24.7 Å². The zero-order chi connectivity index (χ0) is 38.8.